The Kier molecular flexibility index (Phi) is 8.98. The minimum atomic E-state index is -0.970. The van der Waals surface area contributed by atoms with Gasteiger partial charge in [0.15, 0.2) is 5.82 Å². The van der Waals surface area contributed by atoms with E-state index < -0.39 is 22.8 Å². The van der Waals surface area contributed by atoms with Gasteiger partial charge in [-0.25, -0.2) is 8.78 Å². The molecule has 0 radical (unpaired) electrons. The molecule has 0 saturated carbocycles. The first-order valence-electron chi connectivity index (χ1n) is 11.8. The molecular formula is C30H23F2KO6. The van der Waals surface area contributed by atoms with Gasteiger partial charge in [0.1, 0.15) is 47.6 Å². The number of hydrogen-bond donors (Lipinski definition) is 0. The number of benzene rings is 4. The summed E-state index contributed by atoms with van der Waals surface area (Å²) in [4.78, 5) is 11.9. The molecule has 0 unspecified atom stereocenters. The second-order valence-electron chi connectivity index (χ2n) is 8.84. The SMILES string of the molecule is COc1ccc(C)c(OCCOc2cc(-c3c4cc(F)c(=O)cc-4oc4cc([O-])c(F)cc34)ccc2C)c1.[K+]. The van der Waals surface area contributed by atoms with Gasteiger partial charge in [0.25, 0.3) is 0 Å². The van der Waals surface area contributed by atoms with Gasteiger partial charge in [-0.3, -0.25) is 4.79 Å². The molecule has 0 bridgehead atoms. The summed E-state index contributed by atoms with van der Waals surface area (Å²) in [6.07, 6.45) is 0. The molecule has 0 atom stereocenters. The van der Waals surface area contributed by atoms with Gasteiger partial charge in [0.05, 0.1) is 7.11 Å². The Hall–Kier alpha value is -2.95. The van der Waals surface area contributed by atoms with Crippen molar-refractivity contribution in [1.29, 1.82) is 0 Å². The van der Waals surface area contributed by atoms with E-state index in [0.29, 0.717) is 28.4 Å². The zero-order valence-electron chi connectivity index (χ0n) is 21.9. The van der Waals surface area contributed by atoms with Gasteiger partial charge in [0.2, 0.25) is 5.43 Å². The van der Waals surface area contributed by atoms with Gasteiger partial charge in [-0.1, -0.05) is 23.9 Å². The smallest absolute Gasteiger partial charge is 0.870 e. The predicted octanol–water partition coefficient (Wildman–Crippen LogP) is 3.00. The standard InChI is InChI=1S/C30H24F2O6.K/c1-16-4-6-18(10-26(16)36-8-9-37-27-11-19(35-3)7-5-17(27)2)30-20-12-22(31)24(33)14-28(20)38-29-15-25(34)23(32)13-21(29)30;/h4-7,10-15,33H,8-9H2,1-3H3;/q;+1/p-1. The van der Waals surface area contributed by atoms with Crippen molar-refractivity contribution in [2.45, 2.75) is 13.8 Å². The predicted molar refractivity (Wildman–Crippen MR) is 137 cm³/mol. The number of fused-ring (bicyclic) bond motifs is 2. The molecule has 5 rings (SSSR count). The largest absolute Gasteiger partial charge is 1.00 e. The number of methoxy groups -OCH3 is 1. The van der Waals surface area contributed by atoms with Crippen LogP contribution < -0.4 is 76.1 Å². The van der Waals surface area contributed by atoms with Crippen LogP contribution in [0, 0.1) is 25.5 Å². The van der Waals surface area contributed by atoms with E-state index in [4.69, 9.17) is 18.6 Å². The molecule has 0 saturated heterocycles. The molecule has 0 amide bonds. The molecule has 1 heterocycles. The Bertz CT molecular complexity index is 1700. The van der Waals surface area contributed by atoms with Crippen molar-refractivity contribution < 1.29 is 83.9 Å². The van der Waals surface area contributed by atoms with Crippen LogP contribution in [0.2, 0.25) is 0 Å². The van der Waals surface area contributed by atoms with Gasteiger partial charge in [-0.15, -0.1) is 0 Å². The number of hydrogen-bond acceptors (Lipinski definition) is 6. The molecule has 0 fully saturated rings. The van der Waals surface area contributed by atoms with E-state index in [1.807, 2.05) is 32.0 Å². The first-order valence-corrected chi connectivity index (χ1v) is 11.8. The van der Waals surface area contributed by atoms with E-state index in [1.54, 1.807) is 25.3 Å². The molecule has 6 nitrogen and oxygen atoms in total. The molecule has 39 heavy (non-hydrogen) atoms. The van der Waals surface area contributed by atoms with Crippen LogP contribution in [0.4, 0.5) is 8.78 Å². The average Bonchev–Trinajstić information content (AvgIpc) is 2.89. The molecule has 194 valence electrons. The fraction of sp³-hybridized carbons (Fsp3) is 0.167. The topological polar surface area (TPSA) is 81.0 Å². The summed E-state index contributed by atoms with van der Waals surface area (Å²) in [5, 5.41) is 12.2. The second kappa shape index (κ2) is 12.1. The summed E-state index contributed by atoms with van der Waals surface area (Å²) in [5.41, 5.74) is 2.26. The van der Waals surface area contributed by atoms with Gasteiger partial charge in [-0.2, -0.15) is 0 Å². The quantitative estimate of drug-likeness (QED) is 0.174. The number of ether oxygens (including phenoxy) is 3. The summed E-state index contributed by atoms with van der Waals surface area (Å²) in [5.74, 6) is -0.803. The van der Waals surface area contributed by atoms with Crippen molar-refractivity contribution in [1.82, 2.24) is 0 Å². The first-order chi connectivity index (χ1) is 18.2. The van der Waals surface area contributed by atoms with Crippen molar-refractivity contribution in [3.8, 4) is 45.4 Å². The van der Waals surface area contributed by atoms with Crippen LogP contribution in [0.1, 0.15) is 11.1 Å². The molecule has 1 aliphatic carbocycles. The van der Waals surface area contributed by atoms with Gasteiger partial charge < -0.3 is 23.7 Å². The Morgan fingerprint density at radius 1 is 0.846 bits per heavy atom. The van der Waals surface area contributed by atoms with Crippen molar-refractivity contribution in [3.63, 3.8) is 0 Å². The van der Waals surface area contributed by atoms with Crippen molar-refractivity contribution in [2.24, 2.45) is 0 Å². The zero-order chi connectivity index (χ0) is 27.0. The van der Waals surface area contributed by atoms with Crippen LogP contribution in [0.3, 0.4) is 0 Å². The van der Waals surface area contributed by atoms with Crippen molar-refractivity contribution in [3.05, 3.63) is 93.6 Å². The van der Waals surface area contributed by atoms with E-state index in [2.05, 4.69) is 0 Å². The summed E-state index contributed by atoms with van der Waals surface area (Å²) >= 11 is 0. The molecule has 1 aliphatic heterocycles. The maximum Gasteiger partial charge on any atom is 1.00 e. The van der Waals surface area contributed by atoms with E-state index in [1.165, 1.54) is 0 Å². The Balaban J connectivity index is 0.00000353. The fourth-order valence-electron chi connectivity index (χ4n) is 4.28. The average molecular weight is 557 g/mol. The maximum absolute atomic E-state index is 14.3. The zero-order valence-corrected chi connectivity index (χ0v) is 25.0. The summed E-state index contributed by atoms with van der Waals surface area (Å²) in [6, 6.07) is 15.0. The first kappa shape index (κ1) is 29.0. The molecule has 0 aromatic heterocycles. The van der Waals surface area contributed by atoms with Gasteiger partial charge in [0, 0.05) is 28.6 Å². The molecular weight excluding hydrogens is 533 g/mol. The van der Waals surface area contributed by atoms with Crippen LogP contribution in [0.15, 0.2) is 69.9 Å². The van der Waals surface area contributed by atoms with Crippen LogP contribution in [-0.2, 0) is 0 Å². The van der Waals surface area contributed by atoms with E-state index in [9.17, 15) is 18.7 Å². The monoisotopic (exact) mass is 556 g/mol. The third kappa shape index (κ3) is 5.97. The summed E-state index contributed by atoms with van der Waals surface area (Å²) in [7, 11) is 1.59. The fourth-order valence-corrected chi connectivity index (χ4v) is 4.28. The minimum absolute atomic E-state index is 0. The number of halogens is 2. The van der Waals surface area contributed by atoms with Gasteiger partial charge in [-0.05, 0) is 60.9 Å². The number of rotatable bonds is 7. The normalized spacial score (nSPS) is 10.9. The third-order valence-corrected chi connectivity index (χ3v) is 6.30. The van der Waals surface area contributed by atoms with Crippen LogP contribution in [-0.4, -0.2) is 20.3 Å². The van der Waals surface area contributed by atoms with Crippen molar-refractivity contribution in [2.75, 3.05) is 20.3 Å². The third-order valence-electron chi connectivity index (χ3n) is 6.30. The Labute approximate surface area is 265 Å². The van der Waals surface area contributed by atoms with Crippen LogP contribution in [0.5, 0.6) is 23.0 Å². The Morgan fingerprint density at radius 2 is 1.51 bits per heavy atom. The van der Waals surface area contributed by atoms with E-state index >= 15 is 0 Å². The van der Waals surface area contributed by atoms with Gasteiger partial charge >= 0.3 is 51.4 Å². The molecule has 0 N–H and O–H groups in total. The van der Waals surface area contributed by atoms with Crippen molar-refractivity contribution >= 4 is 11.0 Å². The molecule has 3 aromatic rings. The van der Waals surface area contributed by atoms with E-state index in [0.717, 1.165) is 35.4 Å². The minimum Gasteiger partial charge on any atom is -0.870 e. The molecule has 3 aromatic carbocycles. The van der Waals surface area contributed by atoms with Crippen LogP contribution in [0.25, 0.3) is 33.4 Å². The summed E-state index contributed by atoms with van der Waals surface area (Å²) < 4.78 is 51.5. The molecule has 0 spiro atoms. The Morgan fingerprint density at radius 3 is 2.21 bits per heavy atom. The maximum atomic E-state index is 14.3. The second-order valence-corrected chi connectivity index (χ2v) is 8.84. The molecule has 2 aliphatic rings. The van der Waals surface area contributed by atoms with E-state index in [-0.39, 0.29) is 86.9 Å². The molecule has 9 heteroatoms. The van der Waals surface area contributed by atoms with Crippen LogP contribution >= 0.6 is 0 Å². The number of aryl methyl sites for hydroxylation is 2. The summed E-state index contributed by atoms with van der Waals surface area (Å²) in [6.45, 7) is 4.30.